The molecule has 0 spiro atoms. The number of carbonyl (C=O) groups is 2. The maximum Gasteiger partial charge on any atom is 0.271 e. The number of aromatic nitrogens is 1. The first-order chi connectivity index (χ1) is 9.34. The summed E-state index contributed by atoms with van der Waals surface area (Å²) in [5.74, 6) is -0.282. The van der Waals surface area contributed by atoms with Crippen LogP contribution in [0.4, 0.5) is 0 Å². The number of amides is 1. The van der Waals surface area contributed by atoms with Crippen LogP contribution in [0.25, 0.3) is 0 Å². The van der Waals surface area contributed by atoms with Crippen LogP contribution < -0.4 is 0 Å². The topological polar surface area (TPSA) is 77.0 Å². The minimum absolute atomic E-state index is 0.0587. The normalized spacial score (nSPS) is 16.1. The van der Waals surface area contributed by atoms with Crippen LogP contribution in [0.15, 0.2) is 0 Å². The van der Waals surface area contributed by atoms with Gasteiger partial charge in [-0.3, -0.25) is 9.59 Å². The highest BCUT2D eigenvalue weighted by atomic mass is 16.2. The second kappa shape index (κ2) is 4.78. The van der Waals surface area contributed by atoms with Crippen LogP contribution >= 0.6 is 0 Å². The fourth-order valence-corrected chi connectivity index (χ4v) is 2.89. The van der Waals surface area contributed by atoms with Gasteiger partial charge in [0.15, 0.2) is 5.78 Å². The van der Waals surface area contributed by atoms with Gasteiger partial charge in [-0.1, -0.05) is 0 Å². The van der Waals surface area contributed by atoms with Gasteiger partial charge in [-0.2, -0.15) is 5.26 Å². The average molecular weight is 273 g/mol. The molecule has 1 heterocycles. The van der Waals surface area contributed by atoms with Crippen LogP contribution in [0.5, 0.6) is 0 Å². The molecule has 0 atom stereocenters. The Hall–Kier alpha value is -2.09. The van der Waals surface area contributed by atoms with Crippen molar-refractivity contribution in [2.24, 2.45) is 0 Å². The Morgan fingerprint density at radius 3 is 2.30 bits per heavy atom. The molecule has 1 fully saturated rings. The zero-order chi connectivity index (χ0) is 15.1. The second-order valence-electron chi connectivity index (χ2n) is 5.54. The van der Waals surface area contributed by atoms with Gasteiger partial charge in [-0.05, 0) is 45.6 Å². The molecule has 0 aromatic carbocycles. The van der Waals surface area contributed by atoms with Crippen molar-refractivity contribution in [1.29, 1.82) is 5.26 Å². The molecule has 1 saturated carbocycles. The Balaban J connectivity index is 2.38. The van der Waals surface area contributed by atoms with Crippen LogP contribution in [0.2, 0.25) is 0 Å². The van der Waals surface area contributed by atoms with E-state index in [-0.39, 0.29) is 11.7 Å². The Bertz CT molecular complexity index is 618. The summed E-state index contributed by atoms with van der Waals surface area (Å²) in [6, 6.07) is 2.25. The molecule has 106 valence electrons. The molecule has 5 nitrogen and oxygen atoms in total. The number of hydrogen-bond donors (Lipinski definition) is 1. The van der Waals surface area contributed by atoms with Crippen molar-refractivity contribution < 1.29 is 9.59 Å². The first-order valence-corrected chi connectivity index (χ1v) is 6.73. The smallest absolute Gasteiger partial charge is 0.271 e. The lowest BCUT2D eigenvalue weighted by Gasteiger charge is -2.42. The van der Waals surface area contributed by atoms with Crippen LogP contribution in [0.1, 0.15) is 58.3 Å². The second-order valence-corrected chi connectivity index (χ2v) is 5.54. The van der Waals surface area contributed by atoms with Crippen molar-refractivity contribution in [3.63, 3.8) is 0 Å². The van der Waals surface area contributed by atoms with Crippen LogP contribution in [0.3, 0.4) is 0 Å². The highest BCUT2D eigenvalue weighted by Crippen LogP contribution is 2.37. The summed E-state index contributed by atoms with van der Waals surface area (Å²) in [7, 11) is 1.66. The lowest BCUT2D eigenvalue weighted by atomic mass is 9.76. The van der Waals surface area contributed by atoms with E-state index >= 15 is 0 Å². The number of hydrogen-bond acceptors (Lipinski definition) is 3. The zero-order valence-electron chi connectivity index (χ0n) is 12.3. The molecule has 1 aliphatic rings. The van der Waals surface area contributed by atoms with Gasteiger partial charge < -0.3 is 9.88 Å². The van der Waals surface area contributed by atoms with Crippen molar-refractivity contribution in [2.75, 3.05) is 7.05 Å². The summed E-state index contributed by atoms with van der Waals surface area (Å²) < 4.78 is 0. The summed E-state index contributed by atoms with van der Waals surface area (Å²) >= 11 is 0. The molecule has 2 rings (SSSR count). The average Bonchev–Trinajstić information content (AvgIpc) is 2.63. The lowest BCUT2D eigenvalue weighted by Crippen LogP contribution is -2.53. The van der Waals surface area contributed by atoms with E-state index in [9.17, 15) is 14.9 Å². The molecule has 0 radical (unpaired) electrons. The largest absolute Gasteiger partial charge is 0.354 e. The highest BCUT2D eigenvalue weighted by molar-refractivity contribution is 6.02. The van der Waals surface area contributed by atoms with Gasteiger partial charge in [0.2, 0.25) is 0 Å². The van der Waals surface area contributed by atoms with E-state index in [4.69, 9.17) is 0 Å². The molecule has 1 amide bonds. The van der Waals surface area contributed by atoms with Gasteiger partial charge in [-0.15, -0.1) is 0 Å². The lowest BCUT2D eigenvalue weighted by molar-refractivity contribution is 0.0491. The van der Waals surface area contributed by atoms with E-state index in [1.165, 1.54) is 11.8 Å². The molecular formula is C15H19N3O2. The third-order valence-corrected chi connectivity index (χ3v) is 4.34. The zero-order valence-corrected chi connectivity index (χ0v) is 12.3. The summed E-state index contributed by atoms with van der Waals surface area (Å²) in [4.78, 5) is 28.7. The predicted octanol–water partition coefficient (Wildman–Crippen LogP) is 2.35. The molecule has 0 aliphatic heterocycles. The first-order valence-electron chi connectivity index (χ1n) is 6.73. The number of aryl methyl sites for hydroxylation is 1. The highest BCUT2D eigenvalue weighted by Gasteiger charge is 2.44. The number of nitriles is 1. The quantitative estimate of drug-likeness (QED) is 0.859. The monoisotopic (exact) mass is 273 g/mol. The van der Waals surface area contributed by atoms with Crippen molar-refractivity contribution in [3.05, 3.63) is 22.5 Å². The standard InChI is InChI=1S/C15H19N3O2/c1-9-12(11(3)19)10(2)17-13(9)14(20)18(4)15(8-16)6-5-7-15/h17H,5-7H2,1-4H3. The van der Waals surface area contributed by atoms with E-state index in [1.54, 1.807) is 20.9 Å². The summed E-state index contributed by atoms with van der Waals surface area (Å²) in [6.45, 7) is 5.04. The van der Waals surface area contributed by atoms with E-state index in [0.717, 1.165) is 6.42 Å². The Morgan fingerprint density at radius 2 is 1.95 bits per heavy atom. The fraction of sp³-hybridized carbons (Fsp3) is 0.533. The number of carbonyl (C=O) groups excluding carboxylic acids is 2. The number of ketones is 1. The number of nitrogens with zero attached hydrogens (tertiary/aromatic N) is 2. The molecule has 1 aliphatic carbocycles. The number of H-pyrrole nitrogens is 1. The Morgan fingerprint density at radius 1 is 1.35 bits per heavy atom. The predicted molar refractivity (Wildman–Crippen MR) is 74.6 cm³/mol. The van der Waals surface area contributed by atoms with Crippen molar-refractivity contribution >= 4 is 11.7 Å². The van der Waals surface area contributed by atoms with Crippen LogP contribution in [0, 0.1) is 25.2 Å². The maximum absolute atomic E-state index is 12.6. The van der Waals surface area contributed by atoms with Crippen LogP contribution in [-0.4, -0.2) is 34.2 Å². The third-order valence-electron chi connectivity index (χ3n) is 4.34. The molecule has 5 heteroatoms. The molecule has 20 heavy (non-hydrogen) atoms. The number of nitrogens with one attached hydrogen (secondary N) is 1. The number of rotatable bonds is 3. The molecule has 1 aromatic rings. The van der Waals surface area contributed by atoms with Gasteiger partial charge in [0, 0.05) is 18.3 Å². The van der Waals surface area contributed by atoms with Gasteiger partial charge in [-0.25, -0.2) is 0 Å². The minimum Gasteiger partial charge on any atom is -0.354 e. The molecular weight excluding hydrogens is 254 g/mol. The van der Waals surface area contributed by atoms with Gasteiger partial charge >= 0.3 is 0 Å². The fourth-order valence-electron chi connectivity index (χ4n) is 2.89. The SMILES string of the molecule is CC(=O)c1c(C)[nH]c(C(=O)N(C)C2(C#N)CCC2)c1C. The van der Waals surface area contributed by atoms with Crippen LogP contribution in [-0.2, 0) is 0 Å². The third kappa shape index (κ3) is 1.92. The summed E-state index contributed by atoms with van der Waals surface area (Å²) in [5.41, 5.74) is 1.67. The van der Waals surface area contributed by atoms with Gasteiger partial charge in [0.05, 0.1) is 6.07 Å². The van der Waals surface area contributed by atoms with Crippen molar-refractivity contribution in [1.82, 2.24) is 9.88 Å². The molecule has 0 unspecified atom stereocenters. The molecule has 0 bridgehead atoms. The summed E-state index contributed by atoms with van der Waals surface area (Å²) in [5, 5.41) is 9.31. The van der Waals surface area contributed by atoms with Gasteiger partial charge in [0.1, 0.15) is 11.2 Å². The minimum atomic E-state index is -0.682. The van der Waals surface area contributed by atoms with E-state index < -0.39 is 5.54 Å². The first kappa shape index (κ1) is 14.3. The van der Waals surface area contributed by atoms with E-state index in [0.29, 0.717) is 35.4 Å². The Labute approximate surface area is 118 Å². The summed E-state index contributed by atoms with van der Waals surface area (Å²) in [6.07, 6.45) is 2.39. The van der Waals surface area contributed by atoms with E-state index in [2.05, 4.69) is 11.1 Å². The van der Waals surface area contributed by atoms with Gasteiger partial charge in [0.25, 0.3) is 5.91 Å². The van der Waals surface area contributed by atoms with E-state index in [1.807, 2.05) is 0 Å². The van der Waals surface area contributed by atoms with Crippen molar-refractivity contribution in [3.8, 4) is 6.07 Å². The molecule has 0 saturated heterocycles. The Kier molecular flexibility index (Phi) is 3.43. The van der Waals surface area contributed by atoms with Crippen molar-refractivity contribution in [2.45, 2.75) is 45.6 Å². The molecule has 1 aromatic heterocycles. The maximum atomic E-state index is 12.6. The number of Topliss-reactive ketones (excluding diaryl/α,β-unsaturated/α-hetero) is 1. The molecule has 1 N–H and O–H groups in total. The number of aromatic amines is 1.